The third-order valence-electron chi connectivity index (χ3n) is 4.00. The number of hydrogen-bond donors (Lipinski definition) is 1. The zero-order valence-corrected chi connectivity index (χ0v) is 11.4. The molecule has 1 saturated heterocycles. The molecule has 0 aromatic carbocycles. The lowest BCUT2D eigenvalue weighted by atomic mass is 9.92. The minimum absolute atomic E-state index is 0.224. The van der Waals surface area contributed by atoms with Gasteiger partial charge in [0, 0.05) is 37.9 Å². The largest absolute Gasteiger partial charge is 0.363 e. The average molecular weight is 236 g/mol. The van der Waals surface area contributed by atoms with Gasteiger partial charge in [-0.15, -0.1) is 0 Å². The smallest absolute Gasteiger partial charge is 0.0755 e. The normalized spacial score (nSPS) is 29.6. The zero-order valence-electron chi connectivity index (χ0n) is 11.4. The van der Waals surface area contributed by atoms with Gasteiger partial charge in [-0.2, -0.15) is 5.10 Å². The summed E-state index contributed by atoms with van der Waals surface area (Å²) in [5.74, 6) is 0. The number of aromatic nitrogens is 2. The summed E-state index contributed by atoms with van der Waals surface area (Å²) in [5, 5.41) is 7.97. The van der Waals surface area contributed by atoms with Crippen molar-refractivity contribution in [1.82, 2.24) is 15.1 Å². The molecule has 1 aromatic heterocycles. The van der Waals surface area contributed by atoms with Crippen LogP contribution < -0.4 is 10.2 Å². The van der Waals surface area contributed by atoms with Gasteiger partial charge < -0.3 is 10.2 Å². The predicted molar refractivity (Wildman–Crippen MR) is 71.3 cm³/mol. The fraction of sp³-hybridized carbons (Fsp3) is 0.769. The van der Waals surface area contributed by atoms with Crippen LogP contribution in [0, 0.1) is 0 Å². The van der Waals surface area contributed by atoms with Gasteiger partial charge in [0.2, 0.25) is 0 Å². The van der Waals surface area contributed by atoms with Gasteiger partial charge in [0.25, 0.3) is 0 Å². The zero-order chi connectivity index (χ0) is 12.5. The minimum Gasteiger partial charge on any atom is -0.363 e. The third-order valence-corrected chi connectivity index (χ3v) is 4.00. The molecule has 2 unspecified atom stereocenters. The molecule has 2 atom stereocenters. The Labute approximate surface area is 104 Å². The van der Waals surface area contributed by atoms with Gasteiger partial charge in [-0.25, -0.2) is 0 Å². The van der Waals surface area contributed by atoms with Crippen molar-refractivity contribution in [2.24, 2.45) is 7.05 Å². The Morgan fingerprint density at radius 2 is 2.29 bits per heavy atom. The molecule has 0 spiro atoms. The molecule has 1 fully saturated rings. The summed E-state index contributed by atoms with van der Waals surface area (Å²) < 4.78 is 1.88. The van der Waals surface area contributed by atoms with Gasteiger partial charge in [-0.3, -0.25) is 4.68 Å². The Morgan fingerprint density at radius 3 is 2.82 bits per heavy atom. The van der Waals surface area contributed by atoms with Gasteiger partial charge >= 0.3 is 0 Å². The van der Waals surface area contributed by atoms with Gasteiger partial charge in [-0.05, 0) is 19.8 Å². The molecule has 96 valence electrons. The second-order valence-corrected chi connectivity index (χ2v) is 5.36. The van der Waals surface area contributed by atoms with E-state index in [1.54, 1.807) is 0 Å². The molecule has 4 nitrogen and oxygen atoms in total. The lowest BCUT2D eigenvalue weighted by Crippen LogP contribution is -2.62. The van der Waals surface area contributed by atoms with E-state index in [2.05, 4.69) is 42.3 Å². The molecule has 0 amide bonds. The van der Waals surface area contributed by atoms with Crippen LogP contribution in [0.2, 0.25) is 0 Å². The molecular weight excluding hydrogens is 212 g/mol. The van der Waals surface area contributed by atoms with Crippen LogP contribution in [0.1, 0.15) is 33.6 Å². The Hall–Kier alpha value is -1.03. The van der Waals surface area contributed by atoms with Crippen molar-refractivity contribution < 1.29 is 0 Å². The summed E-state index contributed by atoms with van der Waals surface area (Å²) in [4.78, 5) is 2.51. The molecule has 2 heterocycles. The van der Waals surface area contributed by atoms with E-state index >= 15 is 0 Å². The Kier molecular flexibility index (Phi) is 3.43. The first-order valence-corrected chi connectivity index (χ1v) is 6.58. The van der Waals surface area contributed by atoms with Crippen molar-refractivity contribution in [1.29, 1.82) is 0 Å². The van der Waals surface area contributed by atoms with Crippen LogP contribution in [0.25, 0.3) is 0 Å². The molecule has 17 heavy (non-hydrogen) atoms. The summed E-state index contributed by atoms with van der Waals surface area (Å²) in [6.45, 7) is 8.94. The number of hydrogen-bond acceptors (Lipinski definition) is 3. The fourth-order valence-corrected chi connectivity index (χ4v) is 2.50. The summed E-state index contributed by atoms with van der Waals surface area (Å²) in [7, 11) is 1.98. The van der Waals surface area contributed by atoms with E-state index in [1.165, 1.54) is 12.1 Å². The van der Waals surface area contributed by atoms with Crippen LogP contribution >= 0.6 is 0 Å². The first-order chi connectivity index (χ1) is 8.08. The minimum atomic E-state index is 0.224. The molecule has 1 aromatic rings. The van der Waals surface area contributed by atoms with Crippen molar-refractivity contribution >= 4 is 5.69 Å². The van der Waals surface area contributed by atoms with Crippen molar-refractivity contribution in [3.8, 4) is 0 Å². The predicted octanol–water partition coefficient (Wildman–Crippen LogP) is 1.78. The van der Waals surface area contributed by atoms with Crippen LogP contribution in [-0.4, -0.2) is 34.5 Å². The topological polar surface area (TPSA) is 33.1 Å². The Morgan fingerprint density at radius 1 is 1.53 bits per heavy atom. The molecular formula is C13H24N4. The van der Waals surface area contributed by atoms with Gasteiger partial charge in [0.15, 0.2) is 0 Å². The summed E-state index contributed by atoms with van der Waals surface area (Å²) in [6.07, 6.45) is 6.41. The second-order valence-electron chi connectivity index (χ2n) is 5.36. The van der Waals surface area contributed by atoms with Crippen molar-refractivity contribution in [3.63, 3.8) is 0 Å². The molecule has 1 aliphatic heterocycles. The van der Waals surface area contributed by atoms with Crippen LogP contribution in [0.3, 0.4) is 0 Å². The molecule has 1 aliphatic rings. The molecule has 2 rings (SSSR count). The molecule has 0 aliphatic carbocycles. The number of anilines is 1. The number of rotatable bonds is 3. The van der Waals surface area contributed by atoms with E-state index in [9.17, 15) is 0 Å². The van der Waals surface area contributed by atoms with Crippen molar-refractivity contribution in [2.45, 2.75) is 45.2 Å². The number of piperazine rings is 1. The quantitative estimate of drug-likeness (QED) is 0.868. The number of nitrogens with zero attached hydrogens (tertiary/aromatic N) is 3. The van der Waals surface area contributed by atoms with Gasteiger partial charge in [0.05, 0.1) is 11.9 Å². The fourth-order valence-electron chi connectivity index (χ4n) is 2.50. The standard InChI is InChI=1S/C13H24N4/c1-5-11-7-14-13(3,6-2)10-17(11)12-8-15-16(4)9-12/h8-9,11,14H,5-7,10H2,1-4H3. The second kappa shape index (κ2) is 4.69. The summed E-state index contributed by atoms with van der Waals surface area (Å²) in [5.41, 5.74) is 1.47. The first kappa shape index (κ1) is 12.4. The van der Waals surface area contributed by atoms with E-state index in [1.807, 2.05) is 17.9 Å². The van der Waals surface area contributed by atoms with E-state index in [-0.39, 0.29) is 5.54 Å². The highest BCUT2D eigenvalue weighted by Crippen LogP contribution is 2.25. The van der Waals surface area contributed by atoms with Crippen molar-refractivity contribution in [2.75, 3.05) is 18.0 Å². The van der Waals surface area contributed by atoms with Crippen LogP contribution in [0.15, 0.2) is 12.4 Å². The third kappa shape index (κ3) is 2.46. The highest BCUT2D eigenvalue weighted by atomic mass is 15.3. The average Bonchev–Trinajstić information content (AvgIpc) is 2.76. The maximum atomic E-state index is 4.29. The molecule has 0 saturated carbocycles. The van der Waals surface area contributed by atoms with E-state index < -0.39 is 0 Å². The molecule has 0 bridgehead atoms. The summed E-state index contributed by atoms with van der Waals surface area (Å²) in [6, 6.07) is 0.582. The van der Waals surface area contributed by atoms with Crippen LogP contribution in [-0.2, 0) is 7.05 Å². The van der Waals surface area contributed by atoms with Crippen LogP contribution in [0.4, 0.5) is 5.69 Å². The monoisotopic (exact) mass is 236 g/mol. The van der Waals surface area contributed by atoms with E-state index in [4.69, 9.17) is 0 Å². The van der Waals surface area contributed by atoms with E-state index in [0.717, 1.165) is 19.5 Å². The Balaban J connectivity index is 2.21. The maximum absolute atomic E-state index is 4.29. The molecule has 4 heteroatoms. The van der Waals surface area contributed by atoms with Crippen LogP contribution in [0.5, 0.6) is 0 Å². The highest BCUT2D eigenvalue weighted by Gasteiger charge is 2.34. The lowest BCUT2D eigenvalue weighted by molar-refractivity contribution is 0.276. The van der Waals surface area contributed by atoms with Crippen molar-refractivity contribution in [3.05, 3.63) is 12.4 Å². The molecule has 1 N–H and O–H groups in total. The number of nitrogens with one attached hydrogen (secondary N) is 1. The maximum Gasteiger partial charge on any atom is 0.0755 e. The highest BCUT2D eigenvalue weighted by molar-refractivity contribution is 5.45. The van der Waals surface area contributed by atoms with Gasteiger partial charge in [0.1, 0.15) is 0 Å². The molecule has 0 radical (unpaired) electrons. The van der Waals surface area contributed by atoms with Gasteiger partial charge in [-0.1, -0.05) is 13.8 Å². The van der Waals surface area contributed by atoms with E-state index in [0.29, 0.717) is 6.04 Å². The number of aryl methyl sites for hydroxylation is 1. The summed E-state index contributed by atoms with van der Waals surface area (Å²) >= 11 is 0. The SMILES string of the molecule is CCC1CNC(C)(CC)CN1c1cnn(C)c1. The lowest BCUT2D eigenvalue weighted by Gasteiger charge is -2.46. The first-order valence-electron chi connectivity index (χ1n) is 6.58. The Bertz CT molecular complexity index is 373.